The Labute approximate surface area is 167 Å². The number of hydrogen-bond donors (Lipinski definition) is 0. The van der Waals surface area contributed by atoms with Crippen LogP contribution in [0.25, 0.3) is 49.6 Å². The summed E-state index contributed by atoms with van der Waals surface area (Å²) >= 11 is 0. The van der Waals surface area contributed by atoms with Gasteiger partial charge in [0.2, 0.25) is 0 Å². The largest absolute Gasteiger partial charge is 0.290 e. The summed E-state index contributed by atoms with van der Waals surface area (Å²) < 4.78 is 2.20. The van der Waals surface area contributed by atoms with Gasteiger partial charge in [0.05, 0.1) is 22.7 Å². The van der Waals surface area contributed by atoms with Crippen molar-refractivity contribution in [3.05, 3.63) is 84.3 Å². The van der Waals surface area contributed by atoms with E-state index in [4.69, 9.17) is 9.97 Å². The first-order chi connectivity index (χ1) is 14.2. The van der Waals surface area contributed by atoms with Gasteiger partial charge in [-0.25, -0.2) is 4.98 Å². The number of nitrogens with zero attached hydrogens (tertiary/aromatic N) is 4. The summed E-state index contributed by atoms with van der Waals surface area (Å²) in [4.78, 5) is 14.0. The predicted molar refractivity (Wildman–Crippen MR) is 118 cm³/mol. The van der Waals surface area contributed by atoms with E-state index < -0.39 is 0 Å². The second-order valence-electron chi connectivity index (χ2n) is 7.53. The highest BCUT2D eigenvalue weighted by atomic mass is 15.0. The van der Waals surface area contributed by atoms with E-state index in [-0.39, 0.29) is 0 Å². The van der Waals surface area contributed by atoms with Gasteiger partial charge < -0.3 is 0 Å². The Morgan fingerprint density at radius 2 is 1.66 bits per heavy atom. The molecule has 0 radical (unpaired) electrons. The van der Waals surface area contributed by atoms with Crippen molar-refractivity contribution >= 4 is 38.5 Å². The molecule has 0 spiro atoms. The van der Waals surface area contributed by atoms with Crippen LogP contribution in [0.2, 0.25) is 0 Å². The van der Waals surface area contributed by atoms with E-state index in [2.05, 4.69) is 65.7 Å². The molecule has 0 fully saturated rings. The van der Waals surface area contributed by atoms with Crippen LogP contribution in [0.3, 0.4) is 0 Å². The van der Waals surface area contributed by atoms with Crippen molar-refractivity contribution < 1.29 is 0 Å². The van der Waals surface area contributed by atoms with E-state index in [1.165, 1.54) is 22.3 Å². The molecule has 29 heavy (non-hydrogen) atoms. The zero-order valence-corrected chi connectivity index (χ0v) is 16.2. The number of pyridine rings is 3. The van der Waals surface area contributed by atoms with Gasteiger partial charge in [0, 0.05) is 23.2 Å². The molecule has 4 nitrogen and oxygen atoms in total. The zero-order chi connectivity index (χ0) is 19.5. The molecule has 4 aromatic heterocycles. The van der Waals surface area contributed by atoms with Gasteiger partial charge >= 0.3 is 0 Å². The SMILES string of the molecule is Cc1ccccc1-c1cc2c(cc1C)c1nc3cnccc3n1c1cccnc21. The molecule has 0 aliphatic rings. The van der Waals surface area contributed by atoms with Crippen LogP contribution < -0.4 is 0 Å². The molecule has 2 aromatic carbocycles. The second kappa shape index (κ2) is 5.85. The van der Waals surface area contributed by atoms with Gasteiger partial charge in [-0.15, -0.1) is 0 Å². The highest BCUT2D eigenvalue weighted by molar-refractivity contribution is 6.13. The Bertz CT molecular complexity index is 1580. The number of aryl methyl sites for hydroxylation is 2. The summed E-state index contributed by atoms with van der Waals surface area (Å²) in [6.45, 7) is 4.33. The Kier molecular flexibility index (Phi) is 3.27. The maximum Gasteiger partial charge on any atom is 0.146 e. The van der Waals surface area contributed by atoms with E-state index in [1.807, 2.05) is 30.7 Å². The third kappa shape index (κ3) is 2.23. The molecule has 4 heteroatoms. The van der Waals surface area contributed by atoms with E-state index in [1.54, 1.807) is 0 Å². The zero-order valence-electron chi connectivity index (χ0n) is 16.2. The standard InChI is InChI=1S/C25H18N4/c1-15-6-3-4-7-17(15)18-13-19-20(12-16(18)2)25-28-21-14-26-11-9-22(21)29(25)23-8-5-10-27-24(19)23/h3-14H,1-2H3. The van der Waals surface area contributed by atoms with Crippen LogP contribution in [0.15, 0.2) is 73.2 Å². The molecule has 0 saturated carbocycles. The number of aromatic nitrogens is 4. The summed E-state index contributed by atoms with van der Waals surface area (Å²) in [6, 6.07) is 19.2. The molecule has 0 bridgehead atoms. The van der Waals surface area contributed by atoms with Crippen LogP contribution in [0.1, 0.15) is 11.1 Å². The maximum atomic E-state index is 4.93. The molecule has 138 valence electrons. The maximum absolute atomic E-state index is 4.93. The molecular formula is C25H18N4. The summed E-state index contributed by atoms with van der Waals surface area (Å²) in [5.74, 6) is 0. The summed E-state index contributed by atoms with van der Waals surface area (Å²) in [5, 5.41) is 2.24. The Balaban J connectivity index is 1.85. The van der Waals surface area contributed by atoms with Crippen molar-refractivity contribution in [3.63, 3.8) is 0 Å². The molecule has 0 amide bonds. The number of fused-ring (bicyclic) bond motifs is 8. The molecule has 0 N–H and O–H groups in total. The van der Waals surface area contributed by atoms with Crippen LogP contribution in [0, 0.1) is 13.8 Å². The lowest BCUT2D eigenvalue weighted by Gasteiger charge is -2.14. The number of rotatable bonds is 1. The Hall–Kier alpha value is -3.79. The van der Waals surface area contributed by atoms with E-state index >= 15 is 0 Å². The molecule has 0 atom stereocenters. The molecule has 0 aliphatic heterocycles. The minimum absolute atomic E-state index is 0.894. The van der Waals surface area contributed by atoms with E-state index in [9.17, 15) is 0 Å². The molecule has 0 aliphatic carbocycles. The number of benzene rings is 2. The highest BCUT2D eigenvalue weighted by Crippen LogP contribution is 2.36. The van der Waals surface area contributed by atoms with Crippen LogP contribution in [-0.2, 0) is 0 Å². The molecule has 6 rings (SSSR count). The lowest BCUT2D eigenvalue weighted by Crippen LogP contribution is -1.95. The number of imidazole rings is 1. The fraction of sp³-hybridized carbons (Fsp3) is 0.0800. The monoisotopic (exact) mass is 374 g/mol. The predicted octanol–water partition coefficient (Wildman–Crippen LogP) is 5.87. The van der Waals surface area contributed by atoms with E-state index in [0.29, 0.717) is 0 Å². The first-order valence-corrected chi connectivity index (χ1v) is 9.71. The van der Waals surface area contributed by atoms with Gasteiger partial charge in [0.25, 0.3) is 0 Å². The average Bonchev–Trinajstić information content (AvgIpc) is 3.14. The Morgan fingerprint density at radius 3 is 2.55 bits per heavy atom. The molecular weight excluding hydrogens is 356 g/mol. The first kappa shape index (κ1) is 16.2. The van der Waals surface area contributed by atoms with E-state index in [0.717, 1.165) is 38.5 Å². The van der Waals surface area contributed by atoms with Crippen molar-refractivity contribution in [1.29, 1.82) is 0 Å². The van der Waals surface area contributed by atoms with Crippen molar-refractivity contribution in [2.45, 2.75) is 13.8 Å². The van der Waals surface area contributed by atoms with Gasteiger partial charge in [0.15, 0.2) is 0 Å². The minimum atomic E-state index is 0.894. The van der Waals surface area contributed by atoms with Crippen molar-refractivity contribution in [1.82, 2.24) is 19.4 Å². The smallest absolute Gasteiger partial charge is 0.146 e. The van der Waals surface area contributed by atoms with Crippen LogP contribution >= 0.6 is 0 Å². The fourth-order valence-corrected chi connectivity index (χ4v) is 4.40. The minimum Gasteiger partial charge on any atom is -0.290 e. The molecule has 0 unspecified atom stereocenters. The van der Waals surface area contributed by atoms with Crippen molar-refractivity contribution in [2.24, 2.45) is 0 Å². The van der Waals surface area contributed by atoms with Gasteiger partial charge in [-0.3, -0.25) is 14.4 Å². The fourth-order valence-electron chi connectivity index (χ4n) is 4.40. The average molecular weight is 374 g/mol. The van der Waals surface area contributed by atoms with Crippen LogP contribution in [0.4, 0.5) is 0 Å². The van der Waals surface area contributed by atoms with Gasteiger partial charge in [-0.05, 0) is 66.4 Å². The van der Waals surface area contributed by atoms with Crippen LogP contribution in [-0.4, -0.2) is 19.4 Å². The second-order valence-corrected chi connectivity index (χ2v) is 7.53. The Morgan fingerprint density at radius 1 is 0.759 bits per heavy atom. The van der Waals surface area contributed by atoms with Gasteiger partial charge in [-0.1, -0.05) is 24.3 Å². The van der Waals surface area contributed by atoms with Gasteiger partial charge in [-0.2, -0.15) is 0 Å². The quantitative estimate of drug-likeness (QED) is 0.338. The molecule has 4 heterocycles. The molecule has 6 aromatic rings. The normalized spacial score (nSPS) is 11.8. The van der Waals surface area contributed by atoms with Crippen LogP contribution in [0.5, 0.6) is 0 Å². The summed E-state index contributed by atoms with van der Waals surface area (Å²) in [5.41, 5.74) is 9.94. The highest BCUT2D eigenvalue weighted by Gasteiger charge is 2.16. The molecule has 0 saturated heterocycles. The van der Waals surface area contributed by atoms with Crippen molar-refractivity contribution in [2.75, 3.05) is 0 Å². The third-order valence-corrected chi connectivity index (χ3v) is 5.78. The lowest BCUT2D eigenvalue weighted by atomic mass is 9.93. The first-order valence-electron chi connectivity index (χ1n) is 9.71. The summed E-state index contributed by atoms with van der Waals surface area (Å²) in [6.07, 6.45) is 5.50. The number of hydrogen-bond acceptors (Lipinski definition) is 3. The topological polar surface area (TPSA) is 43.1 Å². The third-order valence-electron chi connectivity index (χ3n) is 5.78. The lowest BCUT2D eigenvalue weighted by molar-refractivity contribution is 1.28. The summed E-state index contributed by atoms with van der Waals surface area (Å²) in [7, 11) is 0. The van der Waals surface area contributed by atoms with Crippen molar-refractivity contribution in [3.8, 4) is 11.1 Å². The van der Waals surface area contributed by atoms with Gasteiger partial charge in [0.1, 0.15) is 11.2 Å².